The van der Waals surface area contributed by atoms with Crippen molar-refractivity contribution in [3.63, 3.8) is 0 Å². The van der Waals surface area contributed by atoms with Crippen molar-refractivity contribution in [1.29, 1.82) is 0 Å². The molecule has 3 aromatic carbocycles. The molecule has 6 rings (SSSR count). The number of aromatic nitrogens is 1. The lowest BCUT2D eigenvalue weighted by Gasteiger charge is -2.30. The number of esters is 1. The lowest BCUT2D eigenvalue weighted by molar-refractivity contribution is -0.147. The fraction of sp³-hybridized carbons (Fsp3) is 0.192. The first-order chi connectivity index (χ1) is 15.8. The van der Waals surface area contributed by atoms with E-state index in [-0.39, 0.29) is 25.4 Å². The minimum atomic E-state index is -0.458. The predicted molar refractivity (Wildman–Crippen MR) is 120 cm³/mol. The highest BCUT2D eigenvalue weighted by atomic mass is 16.7. The summed E-state index contributed by atoms with van der Waals surface area (Å²) in [6, 6.07) is 23.2. The van der Waals surface area contributed by atoms with Crippen molar-refractivity contribution in [1.82, 2.24) is 10.3 Å². The molecule has 0 amide bonds. The van der Waals surface area contributed by atoms with Gasteiger partial charge in [-0.3, -0.25) is 10.1 Å². The van der Waals surface area contributed by atoms with E-state index < -0.39 is 6.04 Å². The van der Waals surface area contributed by atoms with Crippen LogP contribution in [0.5, 0.6) is 11.5 Å². The summed E-state index contributed by atoms with van der Waals surface area (Å²) >= 11 is 0. The molecule has 32 heavy (non-hydrogen) atoms. The summed E-state index contributed by atoms with van der Waals surface area (Å²) < 4.78 is 16.7. The van der Waals surface area contributed by atoms with Gasteiger partial charge < -0.3 is 19.2 Å². The SMILES string of the molecule is O=C(OCc1ccccc1)[C@H]1Cc2c([nH]c3ccccc23)[C@H](c2ccc3c(c2)OCO3)N1. The minimum absolute atomic E-state index is 0.199. The van der Waals surface area contributed by atoms with E-state index in [1.54, 1.807) is 0 Å². The Kier molecular flexibility index (Phi) is 4.58. The van der Waals surface area contributed by atoms with Gasteiger partial charge in [-0.25, -0.2) is 0 Å². The van der Waals surface area contributed by atoms with E-state index in [2.05, 4.69) is 22.4 Å². The van der Waals surface area contributed by atoms with E-state index in [9.17, 15) is 4.79 Å². The molecule has 160 valence electrons. The first-order valence-corrected chi connectivity index (χ1v) is 10.7. The number of nitrogens with one attached hydrogen (secondary N) is 2. The maximum absolute atomic E-state index is 13.1. The van der Waals surface area contributed by atoms with E-state index in [0.717, 1.165) is 44.8 Å². The summed E-state index contributed by atoms with van der Waals surface area (Å²) in [7, 11) is 0. The Morgan fingerprint density at radius 1 is 0.969 bits per heavy atom. The molecule has 0 spiro atoms. The molecule has 6 heteroatoms. The summed E-state index contributed by atoms with van der Waals surface area (Å²) in [6.45, 7) is 0.482. The Morgan fingerprint density at radius 3 is 2.69 bits per heavy atom. The van der Waals surface area contributed by atoms with E-state index in [4.69, 9.17) is 14.2 Å². The van der Waals surface area contributed by atoms with Crippen LogP contribution in [0.15, 0.2) is 72.8 Å². The molecule has 2 aliphatic rings. The monoisotopic (exact) mass is 426 g/mol. The maximum Gasteiger partial charge on any atom is 0.323 e. The molecule has 2 atom stereocenters. The third-order valence-electron chi connectivity index (χ3n) is 6.15. The number of carbonyl (C=O) groups is 1. The number of carbonyl (C=O) groups excluding carboxylic acids is 1. The van der Waals surface area contributed by atoms with Crippen LogP contribution in [0, 0.1) is 0 Å². The van der Waals surface area contributed by atoms with Gasteiger partial charge in [0, 0.05) is 23.0 Å². The molecular formula is C26H22N2O4. The first kappa shape index (κ1) is 19.0. The normalized spacial score (nSPS) is 19.0. The topological polar surface area (TPSA) is 72.6 Å². The summed E-state index contributed by atoms with van der Waals surface area (Å²) in [5.41, 5.74) is 5.24. The van der Waals surface area contributed by atoms with Crippen molar-refractivity contribution in [2.45, 2.75) is 25.1 Å². The second-order valence-electron chi connectivity index (χ2n) is 8.13. The number of aromatic amines is 1. The summed E-state index contributed by atoms with van der Waals surface area (Å²) in [5, 5.41) is 4.65. The number of para-hydroxylation sites is 1. The van der Waals surface area contributed by atoms with E-state index >= 15 is 0 Å². The minimum Gasteiger partial charge on any atom is -0.460 e. The lowest BCUT2D eigenvalue weighted by Crippen LogP contribution is -2.45. The van der Waals surface area contributed by atoms with Gasteiger partial charge in [-0.2, -0.15) is 0 Å². The molecule has 0 fully saturated rings. The van der Waals surface area contributed by atoms with Crippen LogP contribution in [0.2, 0.25) is 0 Å². The molecule has 2 aliphatic heterocycles. The zero-order chi connectivity index (χ0) is 21.5. The van der Waals surface area contributed by atoms with Crippen molar-refractivity contribution in [2.75, 3.05) is 6.79 Å². The fourth-order valence-corrected chi connectivity index (χ4v) is 4.57. The highest BCUT2D eigenvalue weighted by Gasteiger charge is 2.35. The van der Waals surface area contributed by atoms with Crippen molar-refractivity contribution < 1.29 is 19.0 Å². The van der Waals surface area contributed by atoms with Gasteiger partial charge in [0.05, 0.1) is 6.04 Å². The summed E-state index contributed by atoms with van der Waals surface area (Å²) in [4.78, 5) is 16.6. The van der Waals surface area contributed by atoms with Gasteiger partial charge in [-0.05, 0) is 34.9 Å². The molecule has 1 aromatic heterocycles. The number of H-pyrrole nitrogens is 1. The van der Waals surface area contributed by atoms with Gasteiger partial charge in [-0.1, -0.05) is 54.6 Å². The summed E-state index contributed by atoms with van der Waals surface area (Å²) in [6.07, 6.45) is 0.564. The number of rotatable bonds is 4. The van der Waals surface area contributed by atoms with E-state index in [0.29, 0.717) is 6.42 Å². The Morgan fingerprint density at radius 2 is 1.78 bits per heavy atom. The zero-order valence-electron chi connectivity index (χ0n) is 17.3. The van der Waals surface area contributed by atoms with E-state index in [1.165, 1.54) is 0 Å². The van der Waals surface area contributed by atoms with E-state index in [1.807, 2.05) is 60.7 Å². The molecule has 0 unspecified atom stereocenters. The highest BCUT2D eigenvalue weighted by molar-refractivity contribution is 5.87. The summed E-state index contributed by atoms with van der Waals surface area (Å²) in [5.74, 6) is 1.20. The van der Waals surface area contributed by atoms with Gasteiger partial charge in [0.25, 0.3) is 0 Å². The second-order valence-corrected chi connectivity index (χ2v) is 8.13. The quantitative estimate of drug-likeness (QED) is 0.478. The third-order valence-corrected chi connectivity index (χ3v) is 6.15. The molecule has 4 aromatic rings. The van der Waals surface area contributed by atoms with Gasteiger partial charge in [0.2, 0.25) is 6.79 Å². The van der Waals surface area contributed by atoms with Crippen LogP contribution in [-0.4, -0.2) is 23.8 Å². The molecule has 2 N–H and O–H groups in total. The molecule has 0 radical (unpaired) electrons. The predicted octanol–water partition coefficient (Wildman–Crippen LogP) is 4.24. The molecule has 0 aliphatic carbocycles. The number of hydrogen-bond acceptors (Lipinski definition) is 5. The van der Waals surface area contributed by atoms with Crippen molar-refractivity contribution in [3.05, 3.63) is 95.2 Å². The lowest BCUT2D eigenvalue weighted by atomic mass is 9.90. The Labute approximate surface area is 185 Å². The van der Waals surface area contributed by atoms with Gasteiger partial charge >= 0.3 is 5.97 Å². The van der Waals surface area contributed by atoms with Crippen molar-refractivity contribution >= 4 is 16.9 Å². The van der Waals surface area contributed by atoms with Crippen LogP contribution in [0.25, 0.3) is 10.9 Å². The van der Waals surface area contributed by atoms with Crippen LogP contribution >= 0.6 is 0 Å². The average Bonchev–Trinajstić information content (AvgIpc) is 3.46. The Bertz CT molecular complexity index is 1300. The van der Waals surface area contributed by atoms with Gasteiger partial charge in [0.1, 0.15) is 12.6 Å². The highest BCUT2D eigenvalue weighted by Crippen LogP contribution is 2.39. The average molecular weight is 426 g/mol. The standard InChI is InChI=1S/C26H22N2O4/c29-26(30-14-16-6-2-1-3-7-16)21-13-19-18-8-4-5-9-20(18)27-25(19)24(28-21)17-10-11-22-23(12-17)32-15-31-22/h1-12,21,24,27-28H,13-15H2/t21-,24+/m1/s1. The van der Waals surface area contributed by atoms with Crippen molar-refractivity contribution in [2.24, 2.45) is 0 Å². The van der Waals surface area contributed by atoms with Crippen LogP contribution < -0.4 is 14.8 Å². The fourth-order valence-electron chi connectivity index (χ4n) is 4.57. The third kappa shape index (κ3) is 3.29. The maximum atomic E-state index is 13.1. The van der Waals surface area contributed by atoms with Crippen LogP contribution in [-0.2, 0) is 22.6 Å². The molecule has 0 saturated carbocycles. The molecule has 3 heterocycles. The van der Waals surface area contributed by atoms with Crippen molar-refractivity contribution in [3.8, 4) is 11.5 Å². The molecule has 6 nitrogen and oxygen atoms in total. The zero-order valence-corrected chi connectivity index (χ0v) is 17.3. The van der Waals surface area contributed by atoms with Crippen LogP contribution in [0.3, 0.4) is 0 Å². The molecule has 0 bridgehead atoms. The molecule has 0 saturated heterocycles. The number of ether oxygens (including phenoxy) is 3. The van der Waals surface area contributed by atoms with Crippen LogP contribution in [0.4, 0.5) is 0 Å². The smallest absolute Gasteiger partial charge is 0.323 e. The Balaban J connectivity index is 1.34. The second kappa shape index (κ2) is 7.73. The van der Waals surface area contributed by atoms with Gasteiger partial charge in [0.15, 0.2) is 11.5 Å². The number of benzene rings is 3. The first-order valence-electron chi connectivity index (χ1n) is 10.7. The number of fused-ring (bicyclic) bond motifs is 4. The Hall–Kier alpha value is -3.77. The van der Waals surface area contributed by atoms with Crippen LogP contribution in [0.1, 0.15) is 28.4 Å². The largest absolute Gasteiger partial charge is 0.460 e. The van der Waals surface area contributed by atoms with Gasteiger partial charge in [-0.15, -0.1) is 0 Å². The molecular weight excluding hydrogens is 404 g/mol. The number of hydrogen-bond donors (Lipinski definition) is 2.